The molecule has 0 N–H and O–H groups in total. The molecular weight excluding hydrogens is 290 g/mol. The Hall–Kier alpha value is -2.67. The lowest BCUT2D eigenvalue weighted by Crippen LogP contribution is -2.10. The lowest BCUT2D eigenvalue weighted by atomic mass is 9.89. The largest absolute Gasteiger partial charge is 0.247 e. The molecule has 3 aromatic carbocycles. The number of para-hydroxylation sites is 1. The molecule has 0 aliphatic carbocycles. The van der Waals surface area contributed by atoms with Crippen LogP contribution in [0.5, 0.6) is 0 Å². The second-order valence-corrected chi connectivity index (χ2v) is 6.70. The summed E-state index contributed by atoms with van der Waals surface area (Å²) in [5, 5.41) is 0. The first-order valence-electron chi connectivity index (χ1n) is 8.46. The van der Waals surface area contributed by atoms with Gasteiger partial charge in [0.1, 0.15) is 0 Å². The summed E-state index contributed by atoms with van der Waals surface area (Å²) in [6.45, 7) is 6.54. The van der Waals surface area contributed by atoms with Crippen LogP contribution in [-0.4, -0.2) is 5.71 Å². The maximum Gasteiger partial charge on any atom is 0.0789 e. The third-order valence-corrected chi connectivity index (χ3v) is 4.79. The van der Waals surface area contributed by atoms with Crippen molar-refractivity contribution in [2.24, 2.45) is 4.99 Å². The Balaban J connectivity index is 2.05. The van der Waals surface area contributed by atoms with Crippen molar-refractivity contribution in [2.45, 2.75) is 27.2 Å². The Bertz CT molecular complexity index is 940. The van der Waals surface area contributed by atoms with Gasteiger partial charge < -0.3 is 0 Å². The molecule has 1 aliphatic heterocycles. The van der Waals surface area contributed by atoms with E-state index in [1.165, 1.54) is 38.9 Å². The van der Waals surface area contributed by atoms with Gasteiger partial charge in [0.25, 0.3) is 0 Å². The van der Waals surface area contributed by atoms with E-state index in [0.29, 0.717) is 0 Å². The van der Waals surface area contributed by atoms with Crippen molar-refractivity contribution in [1.82, 2.24) is 0 Å². The average molecular weight is 311 g/mol. The summed E-state index contributed by atoms with van der Waals surface area (Å²) in [6, 6.07) is 21.7. The van der Waals surface area contributed by atoms with Gasteiger partial charge in [0.05, 0.1) is 11.4 Å². The summed E-state index contributed by atoms with van der Waals surface area (Å²) in [5.74, 6) is 0. The molecule has 1 heterocycles. The maximum absolute atomic E-state index is 5.12. The standard InChI is InChI=1S/C23H21N/c1-15-12-16(2)22(17(3)13-15)23-20-10-6-4-8-18(20)14-19-9-5-7-11-21(19)24-23/h4-13H,14H2,1-3H3. The summed E-state index contributed by atoms with van der Waals surface area (Å²) in [6.07, 6.45) is 0.934. The van der Waals surface area contributed by atoms with Crippen LogP contribution in [0.3, 0.4) is 0 Å². The van der Waals surface area contributed by atoms with E-state index in [1.54, 1.807) is 0 Å². The Labute approximate surface area is 143 Å². The fourth-order valence-electron chi connectivity index (χ4n) is 3.80. The van der Waals surface area contributed by atoms with Crippen LogP contribution in [0.25, 0.3) is 0 Å². The molecule has 1 nitrogen and oxygen atoms in total. The Kier molecular flexibility index (Phi) is 3.57. The van der Waals surface area contributed by atoms with E-state index in [1.807, 2.05) is 0 Å². The highest BCUT2D eigenvalue weighted by atomic mass is 14.8. The zero-order chi connectivity index (χ0) is 16.7. The van der Waals surface area contributed by atoms with Crippen LogP contribution in [0.4, 0.5) is 5.69 Å². The van der Waals surface area contributed by atoms with Crippen molar-refractivity contribution in [2.75, 3.05) is 0 Å². The molecule has 0 spiro atoms. The smallest absolute Gasteiger partial charge is 0.0789 e. The van der Waals surface area contributed by atoms with Crippen molar-refractivity contribution in [3.05, 3.63) is 99.6 Å². The van der Waals surface area contributed by atoms with Crippen molar-refractivity contribution in [3.8, 4) is 0 Å². The number of rotatable bonds is 1. The van der Waals surface area contributed by atoms with Gasteiger partial charge in [-0.1, -0.05) is 60.2 Å². The van der Waals surface area contributed by atoms with Crippen LogP contribution in [0.15, 0.2) is 65.7 Å². The number of nitrogens with zero attached hydrogens (tertiary/aromatic N) is 1. The molecular formula is C23H21N. The van der Waals surface area contributed by atoms with Crippen LogP contribution >= 0.6 is 0 Å². The molecule has 1 heteroatoms. The van der Waals surface area contributed by atoms with Gasteiger partial charge in [-0.25, -0.2) is 4.99 Å². The van der Waals surface area contributed by atoms with Gasteiger partial charge in [-0.3, -0.25) is 0 Å². The summed E-state index contributed by atoms with van der Waals surface area (Å²) in [4.78, 5) is 5.12. The molecule has 0 bridgehead atoms. The highest BCUT2D eigenvalue weighted by molar-refractivity contribution is 6.16. The third-order valence-electron chi connectivity index (χ3n) is 4.79. The second kappa shape index (κ2) is 5.76. The quantitative estimate of drug-likeness (QED) is 0.428. The van der Waals surface area contributed by atoms with Crippen molar-refractivity contribution in [3.63, 3.8) is 0 Å². The zero-order valence-corrected chi connectivity index (χ0v) is 14.4. The minimum Gasteiger partial charge on any atom is -0.247 e. The number of hydrogen-bond acceptors (Lipinski definition) is 1. The van der Waals surface area contributed by atoms with Gasteiger partial charge in [0.15, 0.2) is 0 Å². The SMILES string of the molecule is Cc1cc(C)c(C2=Nc3ccccc3Cc3ccccc32)c(C)c1. The molecule has 24 heavy (non-hydrogen) atoms. The highest BCUT2D eigenvalue weighted by Crippen LogP contribution is 2.32. The summed E-state index contributed by atoms with van der Waals surface area (Å²) < 4.78 is 0. The Morgan fingerprint density at radius 2 is 1.38 bits per heavy atom. The minimum atomic E-state index is 0.934. The lowest BCUT2D eigenvalue weighted by molar-refractivity contribution is 1.19. The van der Waals surface area contributed by atoms with Crippen molar-refractivity contribution >= 4 is 11.4 Å². The summed E-state index contributed by atoms with van der Waals surface area (Å²) in [7, 11) is 0. The van der Waals surface area contributed by atoms with E-state index in [-0.39, 0.29) is 0 Å². The first-order chi connectivity index (χ1) is 11.6. The number of hydrogen-bond donors (Lipinski definition) is 0. The van der Waals surface area contributed by atoms with Crippen LogP contribution in [0.2, 0.25) is 0 Å². The highest BCUT2D eigenvalue weighted by Gasteiger charge is 2.20. The van der Waals surface area contributed by atoms with E-state index in [0.717, 1.165) is 17.8 Å². The molecule has 0 amide bonds. The van der Waals surface area contributed by atoms with Gasteiger partial charge in [-0.05, 0) is 49.1 Å². The fraction of sp³-hybridized carbons (Fsp3) is 0.174. The topological polar surface area (TPSA) is 12.4 Å². The van der Waals surface area contributed by atoms with Gasteiger partial charge >= 0.3 is 0 Å². The summed E-state index contributed by atoms with van der Waals surface area (Å²) >= 11 is 0. The number of aliphatic imine (C=N–C) groups is 1. The molecule has 0 aromatic heterocycles. The van der Waals surface area contributed by atoms with Crippen LogP contribution in [0.1, 0.15) is 38.9 Å². The average Bonchev–Trinajstić information content (AvgIpc) is 2.71. The predicted octanol–water partition coefficient (Wildman–Crippen LogP) is 5.69. The fourth-order valence-corrected chi connectivity index (χ4v) is 3.80. The van der Waals surface area contributed by atoms with Gasteiger partial charge in [-0.15, -0.1) is 0 Å². The van der Waals surface area contributed by atoms with Crippen molar-refractivity contribution < 1.29 is 0 Å². The number of benzene rings is 3. The molecule has 118 valence electrons. The molecule has 0 saturated heterocycles. The number of fused-ring (bicyclic) bond motifs is 2. The van der Waals surface area contributed by atoms with E-state index < -0.39 is 0 Å². The normalized spacial score (nSPS) is 12.9. The predicted molar refractivity (Wildman–Crippen MR) is 102 cm³/mol. The molecule has 4 rings (SSSR count). The second-order valence-electron chi connectivity index (χ2n) is 6.70. The molecule has 0 radical (unpaired) electrons. The number of aryl methyl sites for hydroxylation is 3. The first-order valence-corrected chi connectivity index (χ1v) is 8.46. The lowest BCUT2D eigenvalue weighted by Gasteiger charge is -2.15. The molecule has 0 unspecified atom stereocenters. The van der Waals surface area contributed by atoms with Crippen LogP contribution < -0.4 is 0 Å². The molecule has 0 atom stereocenters. The Morgan fingerprint density at radius 3 is 2.12 bits per heavy atom. The Morgan fingerprint density at radius 1 is 0.750 bits per heavy atom. The van der Waals surface area contributed by atoms with E-state index in [9.17, 15) is 0 Å². The van der Waals surface area contributed by atoms with Crippen LogP contribution in [-0.2, 0) is 6.42 Å². The third kappa shape index (κ3) is 2.46. The van der Waals surface area contributed by atoms with Crippen molar-refractivity contribution in [1.29, 1.82) is 0 Å². The van der Waals surface area contributed by atoms with Gasteiger partial charge in [0.2, 0.25) is 0 Å². The molecule has 1 aliphatic rings. The summed E-state index contributed by atoms with van der Waals surface area (Å²) in [5.41, 5.74) is 11.2. The minimum absolute atomic E-state index is 0.934. The maximum atomic E-state index is 5.12. The van der Waals surface area contributed by atoms with E-state index >= 15 is 0 Å². The molecule has 0 fully saturated rings. The van der Waals surface area contributed by atoms with E-state index in [2.05, 4.69) is 81.4 Å². The monoisotopic (exact) mass is 311 g/mol. The first kappa shape index (κ1) is 14.9. The van der Waals surface area contributed by atoms with Gasteiger partial charge in [-0.2, -0.15) is 0 Å². The molecule has 3 aromatic rings. The van der Waals surface area contributed by atoms with E-state index in [4.69, 9.17) is 4.99 Å². The zero-order valence-electron chi connectivity index (χ0n) is 14.4. The molecule has 0 saturated carbocycles. The van der Waals surface area contributed by atoms with Gasteiger partial charge in [0, 0.05) is 17.5 Å². The van der Waals surface area contributed by atoms with Crippen LogP contribution in [0, 0.1) is 20.8 Å².